The Morgan fingerprint density at radius 3 is 2.35 bits per heavy atom. The van der Waals surface area contributed by atoms with Gasteiger partial charge in [0.25, 0.3) is 0 Å². The van der Waals surface area contributed by atoms with Crippen molar-refractivity contribution in [2.24, 2.45) is 5.92 Å². The zero-order valence-corrected chi connectivity index (χ0v) is 14.9. The number of benzene rings is 1. The van der Waals surface area contributed by atoms with E-state index in [2.05, 4.69) is 0 Å². The van der Waals surface area contributed by atoms with Gasteiger partial charge in [-0.3, -0.25) is 9.63 Å². The van der Waals surface area contributed by atoms with Crippen LogP contribution in [0.25, 0.3) is 0 Å². The van der Waals surface area contributed by atoms with Gasteiger partial charge >= 0.3 is 0 Å². The molecule has 2 rings (SSSR count). The Morgan fingerprint density at radius 2 is 1.83 bits per heavy atom. The largest absolute Gasteiger partial charge is 0.275 e. The van der Waals surface area contributed by atoms with Gasteiger partial charge in [-0.1, -0.05) is 6.07 Å². The number of carbonyl (C=O) groups is 1. The first kappa shape index (κ1) is 17.9. The first-order valence-electron chi connectivity index (χ1n) is 7.66. The average molecular weight is 340 g/mol. The second-order valence-corrected chi connectivity index (χ2v) is 7.88. The van der Waals surface area contributed by atoms with E-state index in [1.807, 2.05) is 19.9 Å². The second-order valence-electron chi connectivity index (χ2n) is 5.94. The molecule has 0 aromatic heterocycles. The van der Waals surface area contributed by atoms with Crippen LogP contribution in [0.5, 0.6) is 0 Å². The van der Waals surface area contributed by atoms with Crippen LogP contribution >= 0.6 is 0 Å². The number of sulfonamides is 1. The van der Waals surface area contributed by atoms with Crippen LogP contribution < -0.4 is 0 Å². The third kappa shape index (κ3) is 3.73. The van der Waals surface area contributed by atoms with Gasteiger partial charge < -0.3 is 0 Å². The maximum absolute atomic E-state index is 12.7. The van der Waals surface area contributed by atoms with E-state index in [0.29, 0.717) is 30.8 Å². The smallest absolute Gasteiger partial charge is 0.249 e. The van der Waals surface area contributed by atoms with Crippen molar-refractivity contribution in [3.8, 4) is 0 Å². The number of hydroxylamine groups is 2. The van der Waals surface area contributed by atoms with E-state index in [0.717, 1.165) is 11.1 Å². The summed E-state index contributed by atoms with van der Waals surface area (Å²) in [6.07, 6.45) is 1.02. The van der Waals surface area contributed by atoms with Gasteiger partial charge in [0.15, 0.2) is 0 Å². The highest BCUT2D eigenvalue weighted by atomic mass is 32.2. The van der Waals surface area contributed by atoms with Crippen molar-refractivity contribution in [3.63, 3.8) is 0 Å². The number of rotatable bonds is 4. The number of piperidine rings is 1. The fourth-order valence-corrected chi connectivity index (χ4v) is 4.27. The first-order chi connectivity index (χ1) is 10.8. The van der Waals surface area contributed by atoms with Crippen LogP contribution in [-0.4, -0.2) is 50.9 Å². The van der Waals surface area contributed by atoms with Gasteiger partial charge in [0.05, 0.1) is 12.0 Å². The zero-order chi connectivity index (χ0) is 17.2. The third-order valence-corrected chi connectivity index (χ3v) is 6.40. The molecule has 7 heteroatoms. The first-order valence-corrected chi connectivity index (χ1v) is 9.10. The minimum Gasteiger partial charge on any atom is -0.275 e. The lowest BCUT2D eigenvalue weighted by molar-refractivity contribution is -0.174. The lowest BCUT2D eigenvalue weighted by Crippen LogP contribution is -2.43. The molecule has 1 aliphatic heterocycles. The van der Waals surface area contributed by atoms with Crippen LogP contribution in [0.2, 0.25) is 0 Å². The Kier molecular flexibility index (Phi) is 5.44. The van der Waals surface area contributed by atoms with E-state index < -0.39 is 10.0 Å². The zero-order valence-electron chi connectivity index (χ0n) is 14.1. The number of hydrogen-bond donors (Lipinski definition) is 0. The van der Waals surface area contributed by atoms with E-state index >= 15 is 0 Å². The van der Waals surface area contributed by atoms with Crippen molar-refractivity contribution in [2.75, 3.05) is 27.2 Å². The molecular weight excluding hydrogens is 316 g/mol. The molecule has 0 unspecified atom stereocenters. The van der Waals surface area contributed by atoms with Gasteiger partial charge in [-0.05, 0) is 49.9 Å². The summed E-state index contributed by atoms with van der Waals surface area (Å²) in [5.41, 5.74) is 2.02. The number of carbonyl (C=O) groups excluding carboxylic acids is 1. The van der Waals surface area contributed by atoms with Crippen molar-refractivity contribution in [3.05, 3.63) is 29.3 Å². The number of nitrogens with zero attached hydrogens (tertiary/aromatic N) is 2. The highest BCUT2D eigenvalue weighted by molar-refractivity contribution is 7.89. The molecule has 0 N–H and O–H groups in total. The summed E-state index contributed by atoms with van der Waals surface area (Å²) in [7, 11) is -0.487. The standard InChI is InChI=1S/C16H24N2O4S/c1-12-5-6-15(11-13(12)2)23(20,21)18-9-7-14(8-10-18)16(19)17(3)22-4/h5-6,11,14H,7-10H2,1-4H3. The molecule has 23 heavy (non-hydrogen) atoms. The Hall–Kier alpha value is -1.44. The average Bonchev–Trinajstić information content (AvgIpc) is 2.55. The van der Waals surface area contributed by atoms with Gasteiger partial charge in [0.2, 0.25) is 15.9 Å². The van der Waals surface area contributed by atoms with Gasteiger partial charge in [0.1, 0.15) is 0 Å². The molecule has 0 bridgehead atoms. The van der Waals surface area contributed by atoms with Gasteiger partial charge in [-0.2, -0.15) is 4.31 Å². The molecule has 0 spiro atoms. The minimum absolute atomic E-state index is 0.101. The van der Waals surface area contributed by atoms with Crippen molar-refractivity contribution >= 4 is 15.9 Å². The summed E-state index contributed by atoms with van der Waals surface area (Å²) in [5, 5.41) is 1.21. The lowest BCUT2D eigenvalue weighted by atomic mass is 9.97. The van der Waals surface area contributed by atoms with Crippen molar-refractivity contribution in [1.29, 1.82) is 0 Å². The molecule has 1 fully saturated rings. The summed E-state index contributed by atoms with van der Waals surface area (Å²) in [6.45, 7) is 4.56. The maximum atomic E-state index is 12.7. The van der Waals surface area contributed by atoms with Crippen LogP contribution in [0, 0.1) is 19.8 Å². The summed E-state index contributed by atoms with van der Waals surface area (Å²) in [4.78, 5) is 17.3. The normalized spacial score (nSPS) is 17.2. The predicted molar refractivity (Wildman–Crippen MR) is 87.2 cm³/mol. The van der Waals surface area contributed by atoms with Gasteiger partial charge in [0, 0.05) is 26.1 Å². The quantitative estimate of drug-likeness (QED) is 0.783. The molecular formula is C16H24N2O4S. The summed E-state index contributed by atoms with van der Waals surface area (Å²) in [5.74, 6) is -0.290. The lowest BCUT2D eigenvalue weighted by Gasteiger charge is -2.32. The molecule has 1 saturated heterocycles. The fraction of sp³-hybridized carbons (Fsp3) is 0.562. The molecule has 0 aliphatic carbocycles. The number of aryl methyl sites for hydroxylation is 2. The van der Waals surface area contributed by atoms with E-state index in [9.17, 15) is 13.2 Å². The van der Waals surface area contributed by atoms with Crippen molar-refractivity contribution in [1.82, 2.24) is 9.37 Å². The molecule has 1 heterocycles. The monoisotopic (exact) mass is 340 g/mol. The molecule has 1 aromatic rings. The van der Waals surface area contributed by atoms with Crippen LogP contribution in [0.4, 0.5) is 0 Å². The van der Waals surface area contributed by atoms with Gasteiger partial charge in [-0.15, -0.1) is 0 Å². The number of hydrogen-bond acceptors (Lipinski definition) is 4. The molecule has 1 aromatic carbocycles. The van der Waals surface area contributed by atoms with Crippen LogP contribution in [0.3, 0.4) is 0 Å². The predicted octanol–water partition coefficient (Wildman–Crippen LogP) is 1.72. The minimum atomic E-state index is -3.50. The van der Waals surface area contributed by atoms with Crippen LogP contribution in [0.15, 0.2) is 23.1 Å². The Bertz CT molecular complexity index is 679. The van der Waals surface area contributed by atoms with Crippen LogP contribution in [-0.2, 0) is 19.7 Å². The number of amides is 1. The SMILES string of the molecule is CON(C)C(=O)C1CCN(S(=O)(=O)c2ccc(C)c(C)c2)CC1. The Balaban J connectivity index is 2.09. The van der Waals surface area contributed by atoms with Crippen LogP contribution in [0.1, 0.15) is 24.0 Å². The van der Waals surface area contributed by atoms with Crippen molar-refractivity contribution < 1.29 is 18.0 Å². The fourth-order valence-electron chi connectivity index (χ4n) is 2.71. The highest BCUT2D eigenvalue weighted by Gasteiger charge is 2.33. The summed E-state index contributed by atoms with van der Waals surface area (Å²) < 4.78 is 26.9. The molecule has 1 amide bonds. The molecule has 6 nitrogen and oxygen atoms in total. The van der Waals surface area contributed by atoms with E-state index in [4.69, 9.17) is 4.84 Å². The molecule has 1 aliphatic rings. The summed E-state index contributed by atoms with van der Waals surface area (Å²) in [6, 6.07) is 5.18. The Morgan fingerprint density at radius 1 is 1.22 bits per heavy atom. The highest BCUT2D eigenvalue weighted by Crippen LogP contribution is 2.26. The van der Waals surface area contributed by atoms with E-state index in [1.54, 1.807) is 19.2 Å². The second kappa shape index (κ2) is 6.98. The topological polar surface area (TPSA) is 66.9 Å². The molecule has 0 radical (unpaired) electrons. The molecule has 128 valence electrons. The maximum Gasteiger partial charge on any atom is 0.249 e. The third-order valence-electron chi connectivity index (χ3n) is 4.50. The van der Waals surface area contributed by atoms with Gasteiger partial charge in [-0.25, -0.2) is 13.5 Å². The summed E-state index contributed by atoms with van der Waals surface area (Å²) >= 11 is 0. The molecule has 0 saturated carbocycles. The molecule has 0 atom stereocenters. The Labute approximate surface area is 138 Å². The van der Waals surface area contributed by atoms with E-state index in [-0.39, 0.29) is 11.8 Å². The van der Waals surface area contributed by atoms with E-state index in [1.165, 1.54) is 16.5 Å². The van der Waals surface area contributed by atoms with Crippen molar-refractivity contribution in [2.45, 2.75) is 31.6 Å².